The number of aryl methyl sites for hydroxylation is 1. The summed E-state index contributed by atoms with van der Waals surface area (Å²) < 4.78 is 9.27. The summed E-state index contributed by atoms with van der Waals surface area (Å²) in [4.78, 5) is 17.5. The first-order valence-corrected chi connectivity index (χ1v) is 9.35. The van der Waals surface area contributed by atoms with Gasteiger partial charge >= 0.3 is 0 Å². The molecule has 5 nitrogen and oxygen atoms in total. The van der Waals surface area contributed by atoms with Crippen molar-refractivity contribution in [2.24, 2.45) is 7.05 Å². The highest BCUT2D eigenvalue weighted by Crippen LogP contribution is 2.30. The van der Waals surface area contributed by atoms with Crippen molar-refractivity contribution in [2.45, 2.75) is 20.4 Å². The van der Waals surface area contributed by atoms with Crippen LogP contribution in [0.1, 0.15) is 24.0 Å². The largest absolute Gasteiger partial charge is 0.497 e. The van der Waals surface area contributed by atoms with Crippen LogP contribution in [0.2, 0.25) is 0 Å². The quantitative estimate of drug-likeness (QED) is 0.533. The van der Waals surface area contributed by atoms with Crippen molar-refractivity contribution < 1.29 is 4.74 Å². The number of ether oxygens (including phenoxy) is 1. The minimum atomic E-state index is -0.0101. The Labute approximate surface area is 163 Å². The Balaban J connectivity index is 1.90. The Hall–Kier alpha value is -3.34. The van der Waals surface area contributed by atoms with E-state index in [1.165, 1.54) is 0 Å². The molecule has 0 amide bonds. The summed E-state index contributed by atoms with van der Waals surface area (Å²) in [6.07, 6.45) is 3.97. The van der Waals surface area contributed by atoms with Crippen LogP contribution in [0.4, 0.5) is 0 Å². The summed E-state index contributed by atoms with van der Waals surface area (Å²) >= 11 is 0. The highest BCUT2D eigenvalue weighted by atomic mass is 16.5. The van der Waals surface area contributed by atoms with Crippen molar-refractivity contribution in [3.63, 3.8) is 0 Å². The molecule has 0 atom stereocenters. The fraction of sp³-hybridized carbons (Fsp3) is 0.217. The zero-order valence-electron chi connectivity index (χ0n) is 16.6. The average molecular weight is 373 g/mol. The third-order valence-electron chi connectivity index (χ3n) is 5.35. The number of methoxy groups -OCH3 is 1. The third-order valence-corrected chi connectivity index (χ3v) is 5.35. The van der Waals surface area contributed by atoms with Crippen LogP contribution in [0, 0.1) is 6.92 Å². The number of hydrogen-bond donors (Lipinski definition) is 0. The SMILES string of the molecule is CCn1c(/C=C/c2c(C)n(C)c3ccc(OC)cc23)nc2ccccc2c1=O. The van der Waals surface area contributed by atoms with Crippen molar-refractivity contribution in [1.82, 2.24) is 14.1 Å². The smallest absolute Gasteiger partial charge is 0.261 e. The van der Waals surface area contributed by atoms with Crippen LogP contribution in [-0.2, 0) is 13.6 Å². The Morgan fingerprint density at radius 2 is 1.89 bits per heavy atom. The normalized spacial score (nSPS) is 11.7. The van der Waals surface area contributed by atoms with Crippen LogP contribution in [0.3, 0.4) is 0 Å². The fourth-order valence-corrected chi connectivity index (χ4v) is 3.69. The van der Waals surface area contributed by atoms with Gasteiger partial charge < -0.3 is 9.30 Å². The van der Waals surface area contributed by atoms with Crippen molar-refractivity contribution in [1.29, 1.82) is 0 Å². The van der Waals surface area contributed by atoms with E-state index in [0.29, 0.717) is 23.3 Å². The van der Waals surface area contributed by atoms with Crippen LogP contribution < -0.4 is 10.3 Å². The average Bonchev–Trinajstić information content (AvgIpc) is 2.96. The maximum absolute atomic E-state index is 12.8. The molecule has 0 saturated heterocycles. The minimum Gasteiger partial charge on any atom is -0.497 e. The van der Waals surface area contributed by atoms with Gasteiger partial charge in [-0.3, -0.25) is 9.36 Å². The second-order valence-electron chi connectivity index (χ2n) is 6.81. The highest BCUT2D eigenvalue weighted by Gasteiger charge is 2.12. The summed E-state index contributed by atoms with van der Waals surface area (Å²) in [6.45, 7) is 4.62. The molecule has 0 saturated carbocycles. The van der Waals surface area contributed by atoms with Gasteiger partial charge in [0.25, 0.3) is 5.56 Å². The number of hydrogen-bond acceptors (Lipinski definition) is 3. The Morgan fingerprint density at radius 3 is 2.64 bits per heavy atom. The van der Waals surface area contributed by atoms with E-state index in [2.05, 4.69) is 24.6 Å². The molecule has 2 heterocycles. The summed E-state index contributed by atoms with van der Waals surface area (Å²) in [6, 6.07) is 13.5. The van der Waals surface area contributed by atoms with Gasteiger partial charge in [-0.05, 0) is 56.3 Å². The first-order valence-electron chi connectivity index (χ1n) is 9.35. The molecule has 0 N–H and O–H groups in total. The van der Waals surface area contributed by atoms with Crippen molar-refractivity contribution in [3.8, 4) is 5.75 Å². The molecule has 142 valence electrons. The Bertz CT molecular complexity index is 1280. The maximum atomic E-state index is 12.8. The molecule has 28 heavy (non-hydrogen) atoms. The van der Waals surface area contributed by atoms with Crippen molar-refractivity contribution >= 4 is 34.0 Å². The van der Waals surface area contributed by atoms with Gasteiger partial charge in [0.15, 0.2) is 0 Å². The molecular formula is C23H23N3O2. The number of benzene rings is 2. The van der Waals surface area contributed by atoms with Crippen molar-refractivity contribution in [3.05, 3.63) is 69.9 Å². The van der Waals surface area contributed by atoms with Gasteiger partial charge in [-0.15, -0.1) is 0 Å². The fourth-order valence-electron chi connectivity index (χ4n) is 3.69. The monoisotopic (exact) mass is 373 g/mol. The predicted octanol–water partition coefficient (Wildman–Crippen LogP) is 4.40. The summed E-state index contributed by atoms with van der Waals surface area (Å²) in [7, 11) is 3.73. The molecule has 4 rings (SSSR count). The van der Waals surface area contributed by atoms with Crippen LogP contribution in [0.15, 0.2) is 47.3 Å². The number of rotatable bonds is 4. The molecule has 0 radical (unpaired) electrons. The van der Waals surface area contributed by atoms with E-state index >= 15 is 0 Å². The van der Waals surface area contributed by atoms with Crippen LogP contribution in [0.25, 0.3) is 34.0 Å². The van der Waals surface area contributed by atoms with Gasteiger partial charge in [-0.1, -0.05) is 12.1 Å². The molecule has 0 aliphatic rings. The zero-order chi connectivity index (χ0) is 19.8. The van der Waals surface area contributed by atoms with Gasteiger partial charge in [0.1, 0.15) is 11.6 Å². The second kappa shape index (κ2) is 7.00. The number of aromatic nitrogens is 3. The van der Waals surface area contributed by atoms with E-state index < -0.39 is 0 Å². The lowest BCUT2D eigenvalue weighted by atomic mass is 10.1. The van der Waals surface area contributed by atoms with E-state index in [1.807, 2.05) is 55.5 Å². The van der Waals surface area contributed by atoms with Crippen molar-refractivity contribution in [2.75, 3.05) is 7.11 Å². The van der Waals surface area contributed by atoms with E-state index in [4.69, 9.17) is 9.72 Å². The van der Waals surface area contributed by atoms with E-state index in [-0.39, 0.29) is 5.56 Å². The third kappa shape index (κ3) is 2.80. The number of para-hydroxylation sites is 1. The molecule has 2 aromatic heterocycles. The maximum Gasteiger partial charge on any atom is 0.261 e. The standard InChI is InChI=1S/C23H23N3O2/c1-5-26-22(24-20-9-7-6-8-18(20)23(26)27)13-11-17-15(2)25(3)21-12-10-16(28-4)14-19(17)21/h6-14H,5H2,1-4H3/b13-11+. The number of fused-ring (bicyclic) bond motifs is 2. The van der Waals surface area contributed by atoms with E-state index in [1.54, 1.807) is 11.7 Å². The Kier molecular flexibility index (Phi) is 4.51. The first-order chi connectivity index (χ1) is 13.5. The minimum absolute atomic E-state index is 0.0101. The second-order valence-corrected chi connectivity index (χ2v) is 6.81. The van der Waals surface area contributed by atoms with Gasteiger partial charge in [0, 0.05) is 35.8 Å². The molecule has 5 heteroatoms. The van der Waals surface area contributed by atoms with E-state index in [0.717, 1.165) is 27.9 Å². The molecule has 0 bridgehead atoms. The molecule has 4 aromatic rings. The molecule has 0 unspecified atom stereocenters. The molecule has 0 fully saturated rings. The van der Waals surface area contributed by atoms with Gasteiger partial charge in [-0.2, -0.15) is 0 Å². The zero-order valence-corrected chi connectivity index (χ0v) is 16.6. The van der Waals surface area contributed by atoms with Crippen LogP contribution >= 0.6 is 0 Å². The summed E-state index contributed by atoms with van der Waals surface area (Å²) in [5.41, 5.74) is 4.08. The van der Waals surface area contributed by atoms with E-state index in [9.17, 15) is 4.79 Å². The van der Waals surface area contributed by atoms with Crippen LogP contribution in [0.5, 0.6) is 5.75 Å². The molecule has 0 aliphatic heterocycles. The lowest BCUT2D eigenvalue weighted by Gasteiger charge is -2.08. The first kappa shape index (κ1) is 18.0. The lowest BCUT2D eigenvalue weighted by Crippen LogP contribution is -2.22. The highest BCUT2D eigenvalue weighted by molar-refractivity contribution is 5.94. The number of nitrogens with zero attached hydrogens (tertiary/aromatic N) is 3. The molecular weight excluding hydrogens is 350 g/mol. The van der Waals surface area contributed by atoms with Crippen LogP contribution in [-0.4, -0.2) is 21.2 Å². The van der Waals surface area contributed by atoms with Gasteiger partial charge in [0.05, 0.1) is 18.0 Å². The predicted molar refractivity (Wildman–Crippen MR) is 115 cm³/mol. The summed E-state index contributed by atoms with van der Waals surface area (Å²) in [5, 5.41) is 1.76. The lowest BCUT2D eigenvalue weighted by molar-refractivity contribution is 0.415. The molecule has 2 aromatic carbocycles. The van der Waals surface area contributed by atoms with Gasteiger partial charge in [0.2, 0.25) is 0 Å². The molecule has 0 spiro atoms. The molecule has 0 aliphatic carbocycles. The summed E-state index contributed by atoms with van der Waals surface area (Å²) in [5.74, 6) is 1.48. The topological polar surface area (TPSA) is 49.0 Å². The Morgan fingerprint density at radius 1 is 1.11 bits per heavy atom. The van der Waals surface area contributed by atoms with Gasteiger partial charge in [-0.25, -0.2) is 4.98 Å².